The molecule has 0 saturated carbocycles. The zero-order valence-electron chi connectivity index (χ0n) is 21.1. The minimum Gasteiger partial charge on any atom is -0.284 e. The molecule has 5 rings (SSSR count). The predicted molar refractivity (Wildman–Crippen MR) is 145 cm³/mol. The third kappa shape index (κ3) is 4.81. The Morgan fingerprint density at radius 1 is 0.872 bits per heavy atom. The first-order chi connectivity index (χ1) is 18.6. The molecule has 5 aromatic rings. The zero-order chi connectivity index (χ0) is 27.9. The molecule has 1 atom stereocenters. The molecule has 0 bridgehead atoms. The molecule has 0 aliphatic carbocycles. The molecule has 0 aliphatic heterocycles. The highest BCUT2D eigenvalue weighted by molar-refractivity contribution is 7.90. The van der Waals surface area contributed by atoms with E-state index in [1.807, 2.05) is 54.1 Å². The molecule has 1 heterocycles. The molecule has 1 N–H and O–H groups in total. The Hall–Kier alpha value is -4.37. The molecular formula is C30H24F2N2O4S. The standard InChI is InChI=1S/C30H24F2N2O4S/c1-18(22-12-7-9-20-8-3-4-10-23(20)22)30(36)34-19(2)25(24-11-5-6-13-28(24)34)17-29(35)33-39(37,38)21-14-15-26(31)27(32)16-21/h3-16,18H,17H2,1-2H3,(H,33,35). The molecule has 0 fully saturated rings. The highest BCUT2D eigenvalue weighted by Gasteiger charge is 2.27. The van der Waals surface area contributed by atoms with Gasteiger partial charge in [0.25, 0.3) is 10.0 Å². The Morgan fingerprint density at radius 3 is 2.28 bits per heavy atom. The Labute approximate surface area is 223 Å². The van der Waals surface area contributed by atoms with Gasteiger partial charge in [0.1, 0.15) is 0 Å². The molecule has 1 aromatic heterocycles. The zero-order valence-corrected chi connectivity index (χ0v) is 21.9. The number of halogens is 2. The van der Waals surface area contributed by atoms with E-state index in [9.17, 15) is 26.8 Å². The number of hydrogen-bond acceptors (Lipinski definition) is 4. The number of nitrogens with zero attached hydrogens (tertiary/aromatic N) is 1. The van der Waals surface area contributed by atoms with Crippen LogP contribution in [-0.4, -0.2) is 24.8 Å². The van der Waals surface area contributed by atoms with Crippen molar-refractivity contribution in [2.24, 2.45) is 0 Å². The van der Waals surface area contributed by atoms with Gasteiger partial charge in [-0.05, 0) is 60.0 Å². The smallest absolute Gasteiger partial charge is 0.264 e. The van der Waals surface area contributed by atoms with Gasteiger partial charge in [-0.25, -0.2) is 21.9 Å². The van der Waals surface area contributed by atoms with Crippen molar-refractivity contribution in [2.45, 2.75) is 31.1 Å². The number of aromatic nitrogens is 1. The van der Waals surface area contributed by atoms with Crippen LogP contribution in [0.5, 0.6) is 0 Å². The topological polar surface area (TPSA) is 85.2 Å². The average Bonchev–Trinajstić information content (AvgIpc) is 3.19. The summed E-state index contributed by atoms with van der Waals surface area (Å²) in [6.45, 7) is 3.54. The van der Waals surface area contributed by atoms with E-state index in [1.165, 1.54) is 0 Å². The highest BCUT2D eigenvalue weighted by atomic mass is 32.2. The summed E-state index contributed by atoms with van der Waals surface area (Å²) in [5.41, 5.74) is 2.46. The van der Waals surface area contributed by atoms with E-state index in [0.717, 1.165) is 22.4 Å². The predicted octanol–water partition coefficient (Wildman–Crippen LogP) is 5.87. The minimum absolute atomic E-state index is 0.193. The average molecular weight is 547 g/mol. The molecule has 9 heteroatoms. The van der Waals surface area contributed by atoms with Crippen molar-refractivity contribution in [1.29, 1.82) is 0 Å². The Morgan fingerprint density at radius 2 is 1.54 bits per heavy atom. The summed E-state index contributed by atoms with van der Waals surface area (Å²) in [6, 6.07) is 22.8. The monoisotopic (exact) mass is 546 g/mol. The van der Waals surface area contributed by atoms with Crippen LogP contribution in [0, 0.1) is 18.6 Å². The summed E-state index contributed by atoms with van der Waals surface area (Å²) < 4.78 is 55.6. The summed E-state index contributed by atoms with van der Waals surface area (Å²) in [5, 5.41) is 2.62. The van der Waals surface area contributed by atoms with Crippen LogP contribution in [0.15, 0.2) is 89.8 Å². The van der Waals surface area contributed by atoms with Gasteiger partial charge in [-0.3, -0.25) is 14.2 Å². The second-order valence-electron chi connectivity index (χ2n) is 9.33. The molecule has 0 aliphatic rings. The van der Waals surface area contributed by atoms with E-state index < -0.39 is 38.4 Å². The molecule has 4 aromatic carbocycles. The molecule has 1 unspecified atom stereocenters. The van der Waals surface area contributed by atoms with Crippen LogP contribution < -0.4 is 4.72 Å². The van der Waals surface area contributed by atoms with Crippen LogP contribution in [0.4, 0.5) is 8.78 Å². The van der Waals surface area contributed by atoms with E-state index in [-0.39, 0.29) is 12.3 Å². The van der Waals surface area contributed by atoms with Gasteiger partial charge in [0.15, 0.2) is 11.6 Å². The van der Waals surface area contributed by atoms with Crippen molar-refractivity contribution in [2.75, 3.05) is 0 Å². The number of carbonyl (C=O) groups is 2. The summed E-state index contributed by atoms with van der Waals surface area (Å²) in [6.07, 6.45) is -0.349. The van der Waals surface area contributed by atoms with Crippen molar-refractivity contribution in [1.82, 2.24) is 9.29 Å². The number of benzene rings is 4. The van der Waals surface area contributed by atoms with Gasteiger partial charge < -0.3 is 0 Å². The Balaban J connectivity index is 1.49. The maximum absolute atomic E-state index is 13.9. The van der Waals surface area contributed by atoms with E-state index >= 15 is 0 Å². The SMILES string of the molecule is Cc1c(CC(=O)NS(=O)(=O)c2ccc(F)c(F)c2)c2ccccc2n1C(=O)C(C)c1cccc2ccccc12. The van der Waals surface area contributed by atoms with Crippen LogP contribution in [0.3, 0.4) is 0 Å². The lowest BCUT2D eigenvalue weighted by atomic mass is 9.94. The van der Waals surface area contributed by atoms with Gasteiger partial charge in [-0.15, -0.1) is 0 Å². The summed E-state index contributed by atoms with van der Waals surface area (Å²) in [7, 11) is -4.44. The first-order valence-corrected chi connectivity index (χ1v) is 13.7. The van der Waals surface area contributed by atoms with Crippen molar-refractivity contribution in [3.8, 4) is 0 Å². The van der Waals surface area contributed by atoms with Crippen LogP contribution in [0.25, 0.3) is 21.7 Å². The molecule has 0 radical (unpaired) electrons. The number of sulfonamides is 1. The lowest BCUT2D eigenvalue weighted by molar-refractivity contribution is -0.118. The number of nitrogens with one attached hydrogen (secondary N) is 1. The minimum atomic E-state index is -4.44. The first-order valence-electron chi connectivity index (χ1n) is 12.2. The van der Waals surface area contributed by atoms with E-state index in [2.05, 4.69) is 0 Å². The number of para-hydroxylation sites is 1. The summed E-state index contributed by atoms with van der Waals surface area (Å²) in [5.74, 6) is -4.13. The van der Waals surface area contributed by atoms with Gasteiger partial charge in [-0.2, -0.15) is 0 Å². The largest absolute Gasteiger partial charge is 0.284 e. The van der Waals surface area contributed by atoms with Gasteiger partial charge >= 0.3 is 0 Å². The molecule has 0 saturated heterocycles. The van der Waals surface area contributed by atoms with Crippen LogP contribution in [0.2, 0.25) is 0 Å². The van der Waals surface area contributed by atoms with Crippen molar-refractivity contribution < 1.29 is 26.8 Å². The van der Waals surface area contributed by atoms with Crippen LogP contribution in [0.1, 0.15) is 34.5 Å². The van der Waals surface area contributed by atoms with Gasteiger partial charge in [-0.1, -0.05) is 60.7 Å². The lowest BCUT2D eigenvalue weighted by Gasteiger charge is -2.16. The number of rotatable bonds is 6. The lowest BCUT2D eigenvalue weighted by Crippen LogP contribution is -2.32. The maximum atomic E-state index is 13.9. The Bertz CT molecular complexity index is 1870. The molecule has 1 amide bonds. The quantitative estimate of drug-likeness (QED) is 0.289. The third-order valence-corrected chi connectivity index (χ3v) is 8.28. The Kier molecular flexibility index (Phi) is 6.78. The number of carbonyl (C=O) groups excluding carboxylic acids is 2. The normalized spacial score (nSPS) is 12.5. The second kappa shape index (κ2) is 10.1. The summed E-state index contributed by atoms with van der Waals surface area (Å²) >= 11 is 0. The number of amides is 1. The fraction of sp³-hybridized carbons (Fsp3) is 0.133. The summed E-state index contributed by atoms with van der Waals surface area (Å²) in [4.78, 5) is 26.2. The molecule has 6 nitrogen and oxygen atoms in total. The fourth-order valence-corrected chi connectivity index (χ4v) is 5.94. The van der Waals surface area contributed by atoms with Crippen molar-refractivity contribution in [3.05, 3.63) is 113 Å². The van der Waals surface area contributed by atoms with Crippen molar-refractivity contribution in [3.63, 3.8) is 0 Å². The van der Waals surface area contributed by atoms with Crippen LogP contribution in [-0.2, 0) is 21.2 Å². The van der Waals surface area contributed by atoms with Crippen LogP contribution >= 0.6 is 0 Å². The van der Waals surface area contributed by atoms with E-state index in [4.69, 9.17) is 0 Å². The third-order valence-electron chi connectivity index (χ3n) is 6.91. The van der Waals surface area contributed by atoms with Crippen molar-refractivity contribution >= 4 is 43.5 Å². The second-order valence-corrected chi connectivity index (χ2v) is 11.0. The molecular weight excluding hydrogens is 522 g/mol. The highest BCUT2D eigenvalue weighted by Crippen LogP contribution is 2.32. The van der Waals surface area contributed by atoms with Gasteiger partial charge in [0, 0.05) is 11.1 Å². The first kappa shape index (κ1) is 26.2. The number of hydrogen-bond donors (Lipinski definition) is 1. The molecule has 198 valence electrons. The van der Waals surface area contributed by atoms with Gasteiger partial charge in [0.2, 0.25) is 11.8 Å². The number of fused-ring (bicyclic) bond motifs is 2. The maximum Gasteiger partial charge on any atom is 0.264 e. The van der Waals surface area contributed by atoms with Gasteiger partial charge in [0.05, 0.1) is 22.8 Å². The molecule has 0 spiro atoms. The fourth-order valence-electron chi connectivity index (χ4n) is 4.95. The van der Waals surface area contributed by atoms with E-state index in [0.29, 0.717) is 34.3 Å². The molecule has 39 heavy (non-hydrogen) atoms. The van der Waals surface area contributed by atoms with E-state index in [1.54, 1.807) is 35.8 Å².